The van der Waals surface area contributed by atoms with Gasteiger partial charge in [-0.3, -0.25) is 9.69 Å². The largest absolute Gasteiger partial charge is 0.338 e. The maximum absolute atomic E-state index is 12.9. The second-order valence-electron chi connectivity index (χ2n) is 7.84. The van der Waals surface area contributed by atoms with Gasteiger partial charge in [0.05, 0.1) is 6.54 Å². The molecule has 4 atom stereocenters. The Hall–Kier alpha value is -0.610. The van der Waals surface area contributed by atoms with Crippen molar-refractivity contribution in [3.05, 3.63) is 0 Å². The minimum absolute atomic E-state index is 0.246. The standard InChI is InChI=1S/C18H33N3O/c1-14(19)16-8-4-10-20(12-16)13-18(22)21-11-5-7-15-6-2-3-9-17(15)21/h14-17H,2-13,19H2,1H3. The average molecular weight is 307 g/mol. The molecule has 3 rings (SSSR count). The molecule has 2 N–H and O–H groups in total. The van der Waals surface area contributed by atoms with Crippen molar-refractivity contribution in [3.63, 3.8) is 0 Å². The predicted molar refractivity (Wildman–Crippen MR) is 89.5 cm³/mol. The third-order valence-electron chi connectivity index (χ3n) is 6.21. The van der Waals surface area contributed by atoms with Crippen molar-refractivity contribution in [2.24, 2.45) is 17.6 Å². The first-order valence-corrected chi connectivity index (χ1v) is 9.42. The van der Waals surface area contributed by atoms with Gasteiger partial charge < -0.3 is 10.6 Å². The van der Waals surface area contributed by atoms with E-state index >= 15 is 0 Å². The second-order valence-corrected chi connectivity index (χ2v) is 7.84. The molecular weight excluding hydrogens is 274 g/mol. The number of piperidine rings is 2. The molecule has 1 aliphatic carbocycles. The Morgan fingerprint density at radius 1 is 1.09 bits per heavy atom. The number of amides is 1. The molecule has 4 nitrogen and oxygen atoms in total. The van der Waals surface area contributed by atoms with E-state index in [0.717, 1.165) is 25.6 Å². The van der Waals surface area contributed by atoms with Crippen LogP contribution in [0, 0.1) is 11.8 Å². The number of hydrogen-bond donors (Lipinski definition) is 1. The number of nitrogens with zero attached hydrogens (tertiary/aromatic N) is 2. The van der Waals surface area contributed by atoms with E-state index in [9.17, 15) is 4.79 Å². The van der Waals surface area contributed by atoms with Gasteiger partial charge >= 0.3 is 0 Å². The van der Waals surface area contributed by atoms with Crippen molar-refractivity contribution in [3.8, 4) is 0 Å². The number of likely N-dealkylation sites (tertiary alicyclic amines) is 2. The van der Waals surface area contributed by atoms with Crippen LogP contribution in [0.5, 0.6) is 0 Å². The van der Waals surface area contributed by atoms with E-state index in [0.29, 0.717) is 24.4 Å². The quantitative estimate of drug-likeness (QED) is 0.870. The Bertz CT molecular complexity index is 383. The lowest BCUT2D eigenvalue weighted by atomic mass is 9.78. The molecule has 4 heteroatoms. The number of hydrogen-bond acceptors (Lipinski definition) is 3. The molecule has 0 aromatic heterocycles. The summed E-state index contributed by atoms with van der Waals surface area (Å²) in [5, 5.41) is 0. The number of fused-ring (bicyclic) bond motifs is 1. The van der Waals surface area contributed by atoms with Gasteiger partial charge in [0.25, 0.3) is 0 Å². The van der Waals surface area contributed by atoms with Gasteiger partial charge in [-0.1, -0.05) is 12.8 Å². The summed E-state index contributed by atoms with van der Waals surface area (Å²) >= 11 is 0. The molecule has 1 saturated carbocycles. The molecule has 3 aliphatic rings. The fourth-order valence-electron chi connectivity index (χ4n) is 4.88. The van der Waals surface area contributed by atoms with Gasteiger partial charge in [-0.15, -0.1) is 0 Å². The van der Waals surface area contributed by atoms with Crippen LogP contribution in [-0.4, -0.2) is 54.0 Å². The van der Waals surface area contributed by atoms with E-state index in [1.807, 2.05) is 0 Å². The van der Waals surface area contributed by atoms with E-state index in [1.54, 1.807) is 0 Å². The van der Waals surface area contributed by atoms with Crippen molar-refractivity contribution in [2.45, 2.75) is 70.4 Å². The molecule has 126 valence electrons. The molecule has 3 fully saturated rings. The van der Waals surface area contributed by atoms with Crippen molar-refractivity contribution >= 4 is 5.91 Å². The smallest absolute Gasteiger partial charge is 0.237 e. The van der Waals surface area contributed by atoms with Gasteiger partial charge in [0, 0.05) is 25.2 Å². The SMILES string of the molecule is CC(N)C1CCCN(CC(=O)N2CCCC3CCCCC32)C1. The Kier molecular flexibility index (Phi) is 5.40. The Morgan fingerprint density at radius 2 is 1.82 bits per heavy atom. The summed E-state index contributed by atoms with van der Waals surface area (Å²) in [5.74, 6) is 1.72. The van der Waals surface area contributed by atoms with Crippen LogP contribution in [0.3, 0.4) is 0 Å². The Labute approximate surface area is 135 Å². The van der Waals surface area contributed by atoms with Crippen LogP contribution in [0.15, 0.2) is 0 Å². The molecule has 0 radical (unpaired) electrons. The maximum Gasteiger partial charge on any atom is 0.237 e. The van der Waals surface area contributed by atoms with Gasteiger partial charge in [0.1, 0.15) is 0 Å². The predicted octanol–water partition coefficient (Wildman–Crippen LogP) is 2.23. The van der Waals surface area contributed by atoms with Crippen LogP contribution in [-0.2, 0) is 4.79 Å². The number of carbonyl (C=O) groups excluding carboxylic acids is 1. The Balaban J connectivity index is 1.56. The van der Waals surface area contributed by atoms with Crippen molar-refractivity contribution in [1.29, 1.82) is 0 Å². The van der Waals surface area contributed by atoms with Gasteiger partial charge in [-0.2, -0.15) is 0 Å². The van der Waals surface area contributed by atoms with Crippen LogP contribution in [0.25, 0.3) is 0 Å². The first-order valence-electron chi connectivity index (χ1n) is 9.42. The summed E-state index contributed by atoms with van der Waals surface area (Å²) in [7, 11) is 0. The highest BCUT2D eigenvalue weighted by Gasteiger charge is 2.36. The van der Waals surface area contributed by atoms with Crippen LogP contribution < -0.4 is 5.73 Å². The highest BCUT2D eigenvalue weighted by molar-refractivity contribution is 5.78. The van der Waals surface area contributed by atoms with E-state index in [2.05, 4.69) is 16.7 Å². The third-order valence-corrected chi connectivity index (χ3v) is 6.21. The number of rotatable bonds is 3. The number of nitrogens with two attached hydrogens (primary N) is 1. The van der Waals surface area contributed by atoms with Crippen LogP contribution in [0.4, 0.5) is 0 Å². The fourth-order valence-corrected chi connectivity index (χ4v) is 4.88. The van der Waals surface area contributed by atoms with Crippen LogP contribution in [0.2, 0.25) is 0 Å². The summed E-state index contributed by atoms with van der Waals surface area (Å²) in [4.78, 5) is 17.4. The molecule has 4 unspecified atom stereocenters. The molecule has 22 heavy (non-hydrogen) atoms. The first kappa shape index (κ1) is 16.3. The van der Waals surface area contributed by atoms with E-state index in [-0.39, 0.29) is 6.04 Å². The molecular formula is C18H33N3O. The summed E-state index contributed by atoms with van der Waals surface area (Å²) in [6, 6.07) is 0.791. The van der Waals surface area contributed by atoms with Crippen molar-refractivity contribution in [1.82, 2.24) is 9.80 Å². The van der Waals surface area contributed by atoms with E-state index in [1.165, 1.54) is 51.4 Å². The summed E-state index contributed by atoms with van der Waals surface area (Å²) in [6.07, 6.45) is 10.2. The molecule has 0 spiro atoms. The maximum atomic E-state index is 12.9. The fraction of sp³-hybridized carbons (Fsp3) is 0.944. The monoisotopic (exact) mass is 307 g/mol. The Morgan fingerprint density at radius 3 is 2.64 bits per heavy atom. The summed E-state index contributed by atoms with van der Waals surface area (Å²) in [6.45, 7) is 5.78. The lowest BCUT2D eigenvalue weighted by molar-refractivity contribution is -0.139. The lowest BCUT2D eigenvalue weighted by Crippen LogP contribution is -2.53. The minimum Gasteiger partial charge on any atom is -0.338 e. The zero-order valence-corrected chi connectivity index (χ0v) is 14.2. The molecule has 2 aliphatic heterocycles. The van der Waals surface area contributed by atoms with E-state index < -0.39 is 0 Å². The highest BCUT2D eigenvalue weighted by Crippen LogP contribution is 2.35. The zero-order chi connectivity index (χ0) is 15.5. The molecule has 1 amide bonds. The zero-order valence-electron chi connectivity index (χ0n) is 14.2. The molecule has 0 aromatic rings. The number of carbonyl (C=O) groups is 1. The minimum atomic E-state index is 0.246. The van der Waals surface area contributed by atoms with Gasteiger partial charge in [-0.25, -0.2) is 0 Å². The normalized spacial score (nSPS) is 35.0. The third kappa shape index (κ3) is 3.65. The summed E-state index contributed by atoms with van der Waals surface area (Å²) < 4.78 is 0. The van der Waals surface area contributed by atoms with E-state index in [4.69, 9.17) is 5.73 Å². The molecule has 2 saturated heterocycles. The topological polar surface area (TPSA) is 49.6 Å². The van der Waals surface area contributed by atoms with Crippen LogP contribution >= 0.6 is 0 Å². The highest BCUT2D eigenvalue weighted by atomic mass is 16.2. The van der Waals surface area contributed by atoms with Gasteiger partial charge in [0.15, 0.2) is 0 Å². The summed E-state index contributed by atoms with van der Waals surface area (Å²) in [5.41, 5.74) is 6.07. The molecule has 2 heterocycles. The average Bonchev–Trinajstić information content (AvgIpc) is 2.54. The first-order chi connectivity index (χ1) is 10.6. The lowest BCUT2D eigenvalue weighted by Gasteiger charge is -2.45. The second kappa shape index (κ2) is 7.31. The van der Waals surface area contributed by atoms with Crippen LogP contribution in [0.1, 0.15) is 58.3 Å². The molecule has 0 bridgehead atoms. The molecule has 0 aromatic carbocycles. The van der Waals surface area contributed by atoms with Gasteiger partial charge in [0.2, 0.25) is 5.91 Å². The van der Waals surface area contributed by atoms with Crippen molar-refractivity contribution in [2.75, 3.05) is 26.2 Å². The van der Waals surface area contributed by atoms with Crippen molar-refractivity contribution < 1.29 is 4.79 Å². The van der Waals surface area contributed by atoms with Gasteiger partial charge in [-0.05, 0) is 63.8 Å².